The second-order valence-electron chi connectivity index (χ2n) is 5.34. The quantitative estimate of drug-likeness (QED) is 0.732. The Bertz CT molecular complexity index is 837. The lowest BCUT2D eigenvalue weighted by Gasteiger charge is -1.97. The van der Waals surface area contributed by atoms with Crippen LogP contribution >= 0.6 is 0 Å². The summed E-state index contributed by atoms with van der Waals surface area (Å²) < 4.78 is 5.16. The normalized spacial score (nSPS) is 10.9. The zero-order chi connectivity index (χ0) is 16.8. The van der Waals surface area contributed by atoms with Gasteiger partial charge in [-0.25, -0.2) is 0 Å². The first-order valence-corrected chi connectivity index (χ1v) is 7.61. The molecule has 0 aliphatic rings. The van der Waals surface area contributed by atoms with Crippen molar-refractivity contribution >= 4 is 12.0 Å². The minimum absolute atomic E-state index is 0.191. The van der Waals surface area contributed by atoms with Gasteiger partial charge in [-0.15, -0.1) is 0 Å². The van der Waals surface area contributed by atoms with Crippen molar-refractivity contribution < 1.29 is 9.32 Å². The van der Waals surface area contributed by atoms with Gasteiger partial charge in [0.25, 0.3) is 0 Å². The molecule has 0 radical (unpaired) electrons. The molecule has 3 rings (SSSR count). The molecule has 1 aromatic heterocycles. The van der Waals surface area contributed by atoms with Crippen molar-refractivity contribution in [2.45, 2.75) is 13.5 Å². The highest BCUT2D eigenvalue weighted by Gasteiger charge is 2.08. The van der Waals surface area contributed by atoms with Crippen LogP contribution in [0.5, 0.6) is 0 Å². The van der Waals surface area contributed by atoms with E-state index in [1.165, 1.54) is 11.6 Å². The summed E-state index contributed by atoms with van der Waals surface area (Å²) in [6.07, 6.45) is 3.23. The Morgan fingerprint density at radius 1 is 1.12 bits per heavy atom. The van der Waals surface area contributed by atoms with Gasteiger partial charge in [-0.2, -0.15) is 4.98 Å². The van der Waals surface area contributed by atoms with Gasteiger partial charge in [0.05, 0.1) is 6.54 Å². The summed E-state index contributed by atoms with van der Waals surface area (Å²) in [5.41, 5.74) is 3.01. The van der Waals surface area contributed by atoms with E-state index in [1.54, 1.807) is 6.08 Å². The average molecular weight is 319 g/mol. The van der Waals surface area contributed by atoms with Crippen LogP contribution in [0.2, 0.25) is 0 Å². The number of carbonyl (C=O) groups excluding carboxylic acids is 1. The predicted molar refractivity (Wildman–Crippen MR) is 91.8 cm³/mol. The van der Waals surface area contributed by atoms with Gasteiger partial charge in [0, 0.05) is 11.6 Å². The number of rotatable bonds is 5. The van der Waals surface area contributed by atoms with E-state index in [2.05, 4.69) is 15.5 Å². The molecular weight excluding hydrogens is 302 g/mol. The van der Waals surface area contributed by atoms with Crippen molar-refractivity contribution in [1.29, 1.82) is 0 Å². The van der Waals surface area contributed by atoms with Crippen molar-refractivity contribution in [2.24, 2.45) is 0 Å². The summed E-state index contributed by atoms with van der Waals surface area (Å²) in [4.78, 5) is 16.1. The van der Waals surface area contributed by atoms with Gasteiger partial charge in [0.2, 0.25) is 17.6 Å². The third-order valence-corrected chi connectivity index (χ3v) is 3.42. The van der Waals surface area contributed by atoms with Gasteiger partial charge < -0.3 is 9.84 Å². The van der Waals surface area contributed by atoms with Crippen molar-refractivity contribution in [3.63, 3.8) is 0 Å². The number of hydrogen-bond acceptors (Lipinski definition) is 4. The molecule has 24 heavy (non-hydrogen) atoms. The molecule has 0 saturated heterocycles. The molecule has 1 heterocycles. The van der Waals surface area contributed by atoms with Gasteiger partial charge >= 0.3 is 0 Å². The number of benzene rings is 2. The number of carbonyl (C=O) groups is 1. The molecule has 2 aromatic carbocycles. The molecule has 0 spiro atoms. The standard InChI is InChI=1S/C19H17N3O2/c1-14-7-10-16(11-8-14)19-21-18(24-22-19)13-20-17(23)12-9-15-5-3-2-4-6-15/h2-12H,13H2,1H3,(H,20,23)/b12-9+. The Morgan fingerprint density at radius 3 is 2.62 bits per heavy atom. The maximum absolute atomic E-state index is 11.8. The molecule has 0 unspecified atom stereocenters. The van der Waals surface area contributed by atoms with Gasteiger partial charge in [-0.05, 0) is 18.6 Å². The van der Waals surface area contributed by atoms with Crippen LogP contribution in [-0.2, 0) is 11.3 Å². The highest BCUT2D eigenvalue weighted by Crippen LogP contribution is 2.16. The summed E-state index contributed by atoms with van der Waals surface area (Å²) in [7, 11) is 0. The lowest BCUT2D eigenvalue weighted by atomic mass is 10.1. The lowest BCUT2D eigenvalue weighted by Crippen LogP contribution is -2.20. The maximum Gasteiger partial charge on any atom is 0.246 e. The fraction of sp³-hybridized carbons (Fsp3) is 0.105. The molecule has 0 atom stereocenters. The maximum atomic E-state index is 11.8. The van der Waals surface area contributed by atoms with Gasteiger partial charge in [0.15, 0.2) is 0 Å². The molecule has 5 nitrogen and oxygen atoms in total. The molecule has 0 bridgehead atoms. The first kappa shape index (κ1) is 15.7. The van der Waals surface area contributed by atoms with Gasteiger partial charge in [-0.1, -0.05) is 65.3 Å². The fourth-order valence-corrected chi connectivity index (χ4v) is 2.10. The van der Waals surface area contributed by atoms with Crippen LogP contribution in [0.15, 0.2) is 65.2 Å². The first-order chi connectivity index (χ1) is 11.7. The average Bonchev–Trinajstić information content (AvgIpc) is 3.09. The van der Waals surface area contributed by atoms with Crippen LogP contribution in [0, 0.1) is 6.92 Å². The molecular formula is C19H17N3O2. The number of nitrogens with one attached hydrogen (secondary N) is 1. The second-order valence-corrected chi connectivity index (χ2v) is 5.34. The molecule has 0 fully saturated rings. The Kier molecular flexibility index (Phi) is 4.81. The predicted octanol–water partition coefficient (Wildman–Crippen LogP) is 3.37. The van der Waals surface area contributed by atoms with E-state index in [9.17, 15) is 4.79 Å². The minimum Gasteiger partial charge on any atom is -0.343 e. The molecule has 3 aromatic rings. The number of nitrogens with zero attached hydrogens (tertiary/aromatic N) is 2. The van der Waals surface area contributed by atoms with Crippen LogP contribution in [0.25, 0.3) is 17.5 Å². The molecule has 0 aliphatic heterocycles. The zero-order valence-electron chi connectivity index (χ0n) is 13.3. The monoisotopic (exact) mass is 319 g/mol. The number of hydrogen-bond donors (Lipinski definition) is 1. The summed E-state index contributed by atoms with van der Waals surface area (Å²) in [5, 5.41) is 6.65. The summed E-state index contributed by atoms with van der Waals surface area (Å²) in [6.45, 7) is 2.21. The Balaban J connectivity index is 1.56. The largest absolute Gasteiger partial charge is 0.343 e. The third kappa shape index (κ3) is 4.16. The third-order valence-electron chi connectivity index (χ3n) is 3.42. The summed E-state index contributed by atoms with van der Waals surface area (Å²) in [6, 6.07) is 17.5. The molecule has 0 saturated carbocycles. The first-order valence-electron chi connectivity index (χ1n) is 7.61. The Hall–Kier alpha value is -3.21. The summed E-state index contributed by atoms with van der Waals surface area (Å²) in [5.74, 6) is 0.667. The van der Waals surface area contributed by atoms with Crippen LogP contribution in [0.3, 0.4) is 0 Å². The molecule has 1 N–H and O–H groups in total. The Morgan fingerprint density at radius 2 is 1.88 bits per heavy atom. The smallest absolute Gasteiger partial charge is 0.246 e. The van der Waals surface area contributed by atoms with Gasteiger partial charge in [0.1, 0.15) is 0 Å². The van der Waals surface area contributed by atoms with Crippen LogP contribution in [-0.4, -0.2) is 16.0 Å². The molecule has 1 amide bonds. The number of aromatic nitrogens is 2. The minimum atomic E-state index is -0.214. The number of aryl methyl sites for hydroxylation is 1. The highest BCUT2D eigenvalue weighted by atomic mass is 16.5. The summed E-state index contributed by atoms with van der Waals surface area (Å²) >= 11 is 0. The number of amides is 1. The van der Waals surface area contributed by atoms with Crippen molar-refractivity contribution in [2.75, 3.05) is 0 Å². The van der Waals surface area contributed by atoms with E-state index in [0.717, 1.165) is 11.1 Å². The van der Waals surface area contributed by atoms with E-state index in [-0.39, 0.29) is 12.5 Å². The van der Waals surface area contributed by atoms with Crippen LogP contribution in [0.1, 0.15) is 17.0 Å². The van der Waals surface area contributed by atoms with E-state index in [0.29, 0.717) is 11.7 Å². The second kappa shape index (κ2) is 7.37. The van der Waals surface area contributed by atoms with Crippen LogP contribution in [0.4, 0.5) is 0 Å². The zero-order valence-corrected chi connectivity index (χ0v) is 13.3. The van der Waals surface area contributed by atoms with Crippen molar-refractivity contribution in [1.82, 2.24) is 15.5 Å². The van der Waals surface area contributed by atoms with E-state index < -0.39 is 0 Å². The SMILES string of the molecule is Cc1ccc(-c2noc(CNC(=O)/C=C/c3ccccc3)n2)cc1. The van der Waals surface area contributed by atoms with Crippen molar-refractivity contribution in [3.05, 3.63) is 77.7 Å². The molecule has 5 heteroatoms. The molecule has 0 aliphatic carbocycles. The van der Waals surface area contributed by atoms with Gasteiger partial charge in [-0.3, -0.25) is 4.79 Å². The van der Waals surface area contributed by atoms with Crippen LogP contribution < -0.4 is 5.32 Å². The van der Waals surface area contributed by atoms with Crippen molar-refractivity contribution in [3.8, 4) is 11.4 Å². The fourth-order valence-electron chi connectivity index (χ4n) is 2.10. The molecule has 120 valence electrons. The lowest BCUT2D eigenvalue weighted by molar-refractivity contribution is -0.116. The topological polar surface area (TPSA) is 68.0 Å². The Labute approximate surface area is 140 Å². The highest BCUT2D eigenvalue weighted by molar-refractivity contribution is 5.91. The van der Waals surface area contributed by atoms with E-state index in [4.69, 9.17) is 4.52 Å². The van der Waals surface area contributed by atoms with E-state index >= 15 is 0 Å². The van der Waals surface area contributed by atoms with E-state index in [1.807, 2.05) is 61.5 Å².